The van der Waals surface area contributed by atoms with Gasteiger partial charge in [-0.3, -0.25) is 4.79 Å². The number of nitrogens with zero attached hydrogens (tertiary/aromatic N) is 4. The van der Waals surface area contributed by atoms with Crippen molar-refractivity contribution in [3.63, 3.8) is 0 Å². The van der Waals surface area contributed by atoms with Crippen LogP contribution in [0.5, 0.6) is 11.5 Å². The van der Waals surface area contributed by atoms with Crippen LogP contribution in [0.3, 0.4) is 0 Å². The maximum Gasteiger partial charge on any atom is 0.155 e. The molecular weight excluding hydrogens is 553 g/mol. The fraction of sp³-hybridized carbons (Fsp3) is 0.414. The van der Waals surface area contributed by atoms with Gasteiger partial charge in [0.1, 0.15) is 23.1 Å². The highest BCUT2D eigenvalue weighted by molar-refractivity contribution is 6.41. The molecule has 4 heterocycles. The molecule has 2 aliphatic rings. The molecule has 0 aliphatic carbocycles. The number of carbonyl (C=O) groups is 1. The average molecular weight is 587 g/mol. The minimum Gasteiger partial charge on any atom is -0.495 e. The number of likely N-dealkylation sites (N-methyl/N-ethyl adjacent to an activating group) is 1. The van der Waals surface area contributed by atoms with E-state index in [1.54, 1.807) is 20.3 Å². The molecule has 2 aliphatic heterocycles. The molecule has 2 aromatic heterocycles. The Kier molecular flexibility index (Phi) is 8.37. The molecule has 2 atom stereocenters. The van der Waals surface area contributed by atoms with Crippen molar-refractivity contribution in [3.8, 4) is 22.8 Å². The van der Waals surface area contributed by atoms with Crippen LogP contribution in [0.25, 0.3) is 22.0 Å². The third-order valence-corrected chi connectivity index (χ3v) is 8.39. The van der Waals surface area contributed by atoms with Crippen LogP contribution in [0.1, 0.15) is 6.42 Å². The Morgan fingerprint density at radius 2 is 1.88 bits per heavy atom. The lowest BCUT2D eigenvalue weighted by molar-refractivity contribution is -0.115. The monoisotopic (exact) mass is 585 g/mol. The summed E-state index contributed by atoms with van der Waals surface area (Å²) in [5.74, 6) is 2.45. The molecule has 0 unspecified atom stereocenters. The van der Waals surface area contributed by atoms with Crippen LogP contribution in [0.4, 0.5) is 11.6 Å². The maximum atomic E-state index is 12.0. The van der Waals surface area contributed by atoms with E-state index >= 15 is 0 Å². The zero-order valence-electron chi connectivity index (χ0n) is 23.0. The van der Waals surface area contributed by atoms with E-state index < -0.39 is 0 Å². The van der Waals surface area contributed by atoms with E-state index in [0.717, 1.165) is 29.7 Å². The molecule has 0 spiro atoms. The molecule has 0 saturated carbocycles. The van der Waals surface area contributed by atoms with Crippen molar-refractivity contribution in [3.05, 3.63) is 47.1 Å². The normalized spacial score (nSPS) is 19.1. The quantitative estimate of drug-likeness (QED) is 0.332. The molecule has 1 aromatic carbocycles. The van der Waals surface area contributed by atoms with Gasteiger partial charge >= 0.3 is 0 Å². The number of anilines is 2. The van der Waals surface area contributed by atoms with Crippen LogP contribution in [0.2, 0.25) is 10.0 Å². The molecular formula is C29H33Cl2N5O4. The van der Waals surface area contributed by atoms with E-state index in [0.29, 0.717) is 64.3 Å². The standard InChI is InChI=1S/C29H33Cl2N5O4/c1-6-19(37)7-17-14-40-15-22(17)33-25-9-20-16(11-32-25)8-21(34-29(20)36-12-18(13-36)35(2)3)26-27(30)23(38-4)10-24(39-5)28(26)31/h6,8-11,17-18,22H,1,7,12-15H2,2-5H3,(H,32,33)/t17-,22+/m0/s1. The zero-order valence-corrected chi connectivity index (χ0v) is 24.6. The number of ketones is 1. The molecule has 2 fully saturated rings. The highest BCUT2D eigenvalue weighted by atomic mass is 35.5. The van der Waals surface area contributed by atoms with Crippen LogP contribution in [0, 0.1) is 5.92 Å². The number of benzene rings is 1. The summed E-state index contributed by atoms with van der Waals surface area (Å²) in [6, 6.07) is 5.98. The zero-order chi connectivity index (χ0) is 28.6. The molecule has 40 heavy (non-hydrogen) atoms. The fourth-order valence-corrected chi connectivity index (χ4v) is 5.83. The molecule has 0 bridgehead atoms. The second-order valence-electron chi connectivity index (χ2n) is 10.4. The van der Waals surface area contributed by atoms with E-state index in [2.05, 4.69) is 35.8 Å². The molecule has 0 radical (unpaired) electrons. The number of methoxy groups -OCH3 is 2. The lowest BCUT2D eigenvalue weighted by Crippen LogP contribution is -2.57. The number of nitrogens with one attached hydrogen (secondary N) is 1. The molecule has 3 aromatic rings. The van der Waals surface area contributed by atoms with Gasteiger partial charge in [-0.1, -0.05) is 29.8 Å². The fourth-order valence-electron chi connectivity index (χ4n) is 5.13. The number of fused-ring (bicyclic) bond motifs is 1. The predicted molar refractivity (Wildman–Crippen MR) is 159 cm³/mol. The number of carbonyl (C=O) groups excluding carboxylic acids is 1. The van der Waals surface area contributed by atoms with Crippen molar-refractivity contribution in [1.82, 2.24) is 14.9 Å². The van der Waals surface area contributed by atoms with Crippen molar-refractivity contribution in [1.29, 1.82) is 0 Å². The van der Waals surface area contributed by atoms with Crippen molar-refractivity contribution in [2.75, 3.05) is 64.8 Å². The molecule has 11 heteroatoms. The molecule has 212 valence electrons. The summed E-state index contributed by atoms with van der Waals surface area (Å²) in [5.41, 5.74) is 1.13. The van der Waals surface area contributed by atoms with Crippen molar-refractivity contribution in [2.24, 2.45) is 5.92 Å². The van der Waals surface area contributed by atoms with Gasteiger partial charge in [-0.15, -0.1) is 0 Å². The summed E-state index contributed by atoms with van der Waals surface area (Å²) in [4.78, 5) is 26.2. The number of allylic oxidation sites excluding steroid dienone is 1. The lowest BCUT2D eigenvalue weighted by atomic mass is 9.97. The number of hydrogen-bond donors (Lipinski definition) is 1. The average Bonchev–Trinajstić information content (AvgIpc) is 3.34. The van der Waals surface area contributed by atoms with Crippen molar-refractivity contribution >= 4 is 51.4 Å². The van der Waals surface area contributed by atoms with E-state index in [1.807, 2.05) is 18.3 Å². The number of rotatable bonds is 10. The highest BCUT2D eigenvalue weighted by Crippen LogP contribution is 2.47. The molecule has 9 nitrogen and oxygen atoms in total. The second-order valence-corrected chi connectivity index (χ2v) is 11.1. The molecule has 5 rings (SSSR count). The van der Waals surface area contributed by atoms with Crippen molar-refractivity contribution in [2.45, 2.75) is 18.5 Å². The van der Waals surface area contributed by atoms with Crippen LogP contribution < -0.4 is 19.7 Å². The first-order valence-corrected chi connectivity index (χ1v) is 13.8. The molecule has 2 saturated heterocycles. The topological polar surface area (TPSA) is 89.1 Å². The summed E-state index contributed by atoms with van der Waals surface area (Å²) in [7, 11) is 7.25. The van der Waals surface area contributed by atoms with E-state index in [9.17, 15) is 4.79 Å². The Morgan fingerprint density at radius 3 is 2.50 bits per heavy atom. The van der Waals surface area contributed by atoms with Gasteiger partial charge in [0.15, 0.2) is 5.78 Å². The van der Waals surface area contributed by atoms with Crippen LogP contribution in [-0.4, -0.2) is 87.4 Å². The Labute approximate surface area is 244 Å². The van der Waals surface area contributed by atoms with Gasteiger partial charge in [0.25, 0.3) is 0 Å². The van der Waals surface area contributed by atoms with E-state index in [1.165, 1.54) is 6.08 Å². The SMILES string of the molecule is C=CC(=O)C[C@H]1COC[C@H]1Nc1cc2c(N3CC(N(C)C)C3)nc(-c3c(Cl)c(OC)cc(OC)c3Cl)cc2cn1. The first kappa shape index (κ1) is 28.4. The number of halogens is 2. The number of hydrogen-bond acceptors (Lipinski definition) is 9. The third-order valence-electron chi connectivity index (χ3n) is 7.64. The van der Waals surface area contributed by atoms with Crippen LogP contribution in [-0.2, 0) is 9.53 Å². The molecule has 0 amide bonds. The van der Waals surface area contributed by atoms with Crippen LogP contribution >= 0.6 is 23.2 Å². The lowest BCUT2D eigenvalue weighted by Gasteiger charge is -2.44. The Balaban J connectivity index is 1.57. The first-order valence-electron chi connectivity index (χ1n) is 13.1. The number of pyridine rings is 2. The van der Waals surface area contributed by atoms with Gasteiger partial charge in [0.05, 0.1) is 49.2 Å². The van der Waals surface area contributed by atoms with Gasteiger partial charge in [-0.05, 0) is 32.3 Å². The van der Waals surface area contributed by atoms with Gasteiger partial charge < -0.3 is 29.3 Å². The number of ether oxygens (including phenoxy) is 3. The van der Waals surface area contributed by atoms with E-state index in [4.69, 9.17) is 47.4 Å². The van der Waals surface area contributed by atoms with Gasteiger partial charge in [-0.2, -0.15) is 0 Å². The summed E-state index contributed by atoms with van der Waals surface area (Å²) in [6.45, 7) is 6.27. The van der Waals surface area contributed by atoms with Crippen molar-refractivity contribution < 1.29 is 19.0 Å². The summed E-state index contributed by atoms with van der Waals surface area (Å²) in [5, 5.41) is 6.02. The van der Waals surface area contributed by atoms with Crippen LogP contribution in [0.15, 0.2) is 37.1 Å². The number of aromatic nitrogens is 2. The second kappa shape index (κ2) is 11.8. The largest absolute Gasteiger partial charge is 0.495 e. The molecule has 1 N–H and O–H groups in total. The predicted octanol–water partition coefficient (Wildman–Crippen LogP) is 4.94. The minimum absolute atomic E-state index is 0.00695. The Morgan fingerprint density at radius 1 is 1.18 bits per heavy atom. The third kappa shape index (κ3) is 5.43. The summed E-state index contributed by atoms with van der Waals surface area (Å²) >= 11 is 13.5. The first-order chi connectivity index (χ1) is 19.2. The minimum atomic E-state index is -0.0338. The summed E-state index contributed by atoms with van der Waals surface area (Å²) in [6.07, 6.45) is 3.56. The maximum absolute atomic E-state index is 12.0. The van der Waals surface area contributed by atoms with Gasteiger partial charge in [0.2, 0.25) is 0 Å². The Hall–Kier alpha value is -3.11. The summed E-state index contributed by atoms with van der Waals surface area (Å²) < 4.78 is 16.7. The van der Waals surface area contributed by atoms with Gasteiger partial charge in [0, 0.05) is 60.1 Å². The smallest absolute Gasteiger partial charge is 0.155 e. The highest BCUT2D eigenvalue weighted by Gasteiger charge is 2.33. The van der Waals surface area contributed by atoms with E-state index in [-0.39, 0.29) is 17.7 Å². The Bertz CT molecular complexity index is 1420. The van der Waals surface area contributed by atoms with Gasteiger partial charge in [-0.25, -0.2) is 9.97 Å².